The third-order valence-corrected chi connectivity index (χ3v) is 5.57. The highest BCUT2D eigenvalue weighted by Gasteiger charge is 2.33. The molecule has 26 heavy (non-hydrogen) atoms. The molecule has 4 rings (SSSR count). The van der Waals surface area contributed by atoms with Gasteiger partial charge in [0.1, 0.15) is 10.7 Å². The molecule has 0 saturated carbocycles. The number of halogens is 1. The Balaban J connectivity index is 1.79. The van der Waals surface area contributed by atoms with Crippen molar-refractivity contribution in [2.75, 3.05) is 16.2 Å². The summed E-state index contributed by atoms with van der Waals surface area (Å²) in [5.41, 5.74) is 2.38. The van der Waals surface area contributed by atoms with Gasteiger partial charge in [0.05, 0.1) is 11.4 Å². The molecule has 0 amide bonds. The van der Waals surface area contributed by atoms with Crippen molar-refractivity contribution in [2.24, 2.45) is 0 Å². The number of ketones is 2. The van der Waals surface area contributed by atoms with Crippen LogP contribution >= 0.6 is 11.6 Å². The highest BCUT2D eigenvalue weighted by Crippen LogP contribution is 2.38. The Morgan fingerprint density at radius 2 is 1.73 bits per heavy atom. The fraction of sp³-hybridized carbons (Fsp3) is 0.111. The lowest BCUT2D eigenvalue weighted by Gasteiger charge is -2.22. The molecule has 2 aromatic rings. The largest absolute Gasteiger partial charge is 0.349 e. The summed E-state index contributed by atoms with van der Waals surface area (Å²) in [5, 5.41) is 2.73. The van der Waals surface area contributed by atoms with Crippen molar-refractivity contribution >= 4 is 45.8 Å². The van der Waals surface area contributed by atoms with Gasteiger partial charge >= 0.3 is 0 Å². The van der Waals surface area contributed by atoms with E-state index in [2.05, 4.69) is 5.32 Å². The average Bonchev–Trinajstić information content (AvgIpc) is 3.08. The Morgan fingerprint density at radius 3 is 2.42 bits per heavy atom. The van der Waals surface area contributed by atoms with E-state index in [1.165, 1.54) is 4.31 Å². The number of nitrogens with zero attached hydrogens (tertiary/aromatic N) is 1. The number of nitrogens with one attached hydrogen (secondary N) is 1. The van der Waals surface area contributed by atoms with Crippen LogP contribution in [0, 0.1) is 0 Å². The maximum absolute atomic E-state index is 12.8. The number of fused-ring (bicyclic) bond motifs is 2. The molecule has 132 valence electrons. The molecule has 2 aliphatic rings. The van der Waals surface area contributed by atoms with E-state index >= 15 is 0 Å². The van der Waals surface area contributed by atoms with Crippen LogP contribution in [0.2, 0.25) is 0 Å². The first-order chi connectivity index (χ1) is 12.5. The van der Waals surface area contributed by atoms with Gasteiger partial charge in [0.25, 0.3) is 11.3 Å². The smallest absolute Gasteiger partial charge is 0.261 e. The van der Waals surface area contributed by atoms with E-state index < -0.39 is 22.8 Å². The lowest BCUT2D eigenvalue weighted by molar-refractivity contribution is 0.0982. The summed E-state index contributed by atoms with van der Waals surface area (Å²) in [6, 6.07) is 11.8. The van der Waals surface area contributed by atoms with Crippen molar-refractivity contribution in [3.63, 3.8) is 0 Å². The van der Waals surface area contributed by atoms with Gasteiger partial charge in [-0.1, -0.05) is 48.0 Å². The van der Waals surface area contributed by atoms with Crippen LogP contribution < -0.4 is 9.62 Å². The van der Waals surface area contributed by atoms with Crippen molar-refractivity contribution < 1.29 is 18.4 Å². The second-order valence-corrected chi connectivity index (χ2v) is 7.19. The van der Waals surface area contributed by atoms with E-state index in [4.69, 9.17) is 11.6 Å². The van der Waals surface area contributed by atoms with Gasteiger partial charge in [0.15, 0.2) is 0 Å². The fourth-order valence-electron chi connectivity index (χ4n) is 3.27. The molecule has 0 aromatic heterocycles. The first kappa shape index (κ1) is 17.0. The van der Waals surface area contributed by atoms with Crippen LogP contribution in [0.5, 0.6) is 0 Å². The second kappa shape index (κ2) is 6.35. The lowest BCUT2D eigenvalue weighted by atomic mass is 9.92. The number of rotatable bonds is 3. The Bertz CT molecular complexity index is 1020. The molecule has 1 aliphatic carbocycles. The minimum absolute atomic E-state index is 0.0284. The monoisotopic (exact) mass is 388 g/mol. The SMILES string of the molecule is O=C1C(Cl)=C(Nc2cccc3c2N(S(=O)O)CC3)C(=O)c2ccccc21. The molecule has 0 bridgehead atoms. The summed E-state index contributed by atoms with van der Waals surface area (Å²) >= 11 is 3.99. The number of allylic oxidation sites excluding steroid dienone is 2. The summed E-state index contributed by atoms with van der Waals surface area (Å²) in [6.07, 6.45) is 0.611. The van der Waals surface area contributed by atoms with Crippen molar-refractivity contribution in [1.82, 2.24) is 0 Å². The number of carbonyl (C=O) groups is 2. The van der Waals surface area contributed by atoms with E-state index in [1.54, 1.807) is 36.4 Å². The van der Waals surface area contributed by atoms with Gasteiger partial charge in [-0.3, -0.25) is 18.4 Å². The molecule has 0 radical (unpaired) electrons. The van der Waals surface area contributed by atoms with Gasteiger partial charge in [-0.2, -0.15) is 0 Å². The molecule has 1 atom stereocenters. The molecule has 1 unspecified atom stereocenters. The van der Waals surface area contributed by atoms with Crippen molar-refractivity contribution in [3.8, 4) is 0 Å². The Kier molecular flexibility index (Phi) is 4.14. The van der Waals surface area contributed by atoms with E-state index in [1.807, 2.05) is 6.07 Å². The standard InChI is InChI=1S/C18H13ClN2O4S/c19-14-15(18(23)12-6-2-1-5-11(12)17(14)22)20-13-7-3-4-10-8-9-21(16(10)13)26(24)25/h1-7,20H,8-9H2,(H,24,25). The molecule has 0 saturated heterocycles. The molecule has 2 aromatic carbocycles. The molecule has 1 aliphatic heterocycles. The Morgan fingerprint density at radius 1 is 1.04 bits per heavy atom. The zero-order chi connectivity index (χ0) is 18.4. The normalized spacial score (nSPS) is 17.2. The average molecular weight is 389 g/mol. The summed E-state index contributed by atoms with van der Waals surface area (Å²) < 4.78 is 22.4. The van der Waals surface area contributed by atoms with E-state index in [0.29, 0.717) is 24.3 Å². The topological polar surface area (TPSA) is 86.7 Å². The van der Waals surface area contributed by atoms with Gasteiger partial charge in [0.2, 0.25) is 11.6 Å². The van der Waals surface area contributed by atoms with E-state index in [0.717, 1.165) is 5.56 Å². The molecule has 8 heteroatoms. The molecule has 6 nitrogen and oxygen atoms in total. The fourth-order valence-corrected chi connectivity index (χ4v) is 4.12. The molecule has 0 spiro atoms. The Hall–Kier alpha value is -2.48. The van der Waals surface area contributed by atoms with Crippen LogP contribution in [-0.4, -0.2) is 26.9 Å². The predicted molar refractivity (Wildman–Crippen MR) is 99.9 cm³/mol. The third-order valence-electron chi connectivity index (χ3n) is 4.46. The van der Waals surface area contributed by atoms with Crippen molar-refractivity contribution in [3.05, 3.63) is 69.9 Å². The third kappa shape index (κ3) is 2.56. The highest BCUT2D eigenvalue weighted by molar-refractivity contribution is 7.80. The summed E-state index contributed by atoms with van der Waals surface area (Å²) in [4.78, 5) is 25.3. The number of para-hydroxylation sites is 1. The molecule has 0 fully saturated rings. The number of anilines is 2. The van der Waals surface area contributed by atoms with Crippen molar-refractivity contribution in [2.45, 2.75) is 6.42 Å². The maximum atomic E-state index is 12.8. The molecule has 1 heterocycles. The van der Waals surface area contributed by atoms with Crippen LogP contribution in [0.4, 0.5) is 11.4 Å². The molecular formula is C18H13ClN2O4S. The van der Waals surface area contributed by atoms with E-state index in [-0.39, 0.29) is 21.9 Å². The van der Waals surface area contributed by atoms with Crippen LogP contribution in [0.3, 0.4) is 0 Å². The van der Waals surface area contributed by atoms with Gasteiger partial charge in [-0.05, 0) is 18.1 Å². The van der Waals surface area contributed by atoms with E-state index in [9.17, 15) is 18.4 Å². The summed E-state index contributed by atoms with van der Waals surface area (Å²) in [6.45, 7) is 0.389. The number of benzene rings is 2. The number of carbonyl (C=O) groups excluding carboxylic acids is 2. The van der Waals surface area contributed by atoms with Crippen LogP contribution in [0.1, 0.15) is 26.3 Å². The quantitative estimate of drug-likeness (QED) is 0.789. The Labute approximate surface area is 156 Å². The second-order valence-electron chi connectivity index (χ2n) is 5.91. The minimum atomic E-state index is -2.19. The summed E-state index contributed by atoms with van der Waals surface area (Å²) in [7, 11) is 0. The summed E-state index contributed by atoms with van der Waals surface area (Å²) in [5.74, 6) is -0.822. The highest BCUT2D eigenvalue weighted by atomic mass is 35.5. The van der Waals surface area contributed by atoms with Gasteiger partial charge in [-0.25, -0.2) is 4.21 Å². The molecular weight excluding hydrogens is 376 g/mol. The minimum Gasteiger partial charge on any atom is -0.349 e. The zero-order valence-corrected chi connectivity index (χ0v) is 14.9. The van der Waals surface area contributed by atoms with Gasteiger partial charge < -0.3 is 5.32 Å². The number of hydrogen-bond donors (Lipinski definition) is 2. The van der Waals surface area contributed by atoms with Gasteiger partial charge in [0, 0.05) is 17.7 Å². The van der Waals surface area contributed by atoms with Crippen LogP contribution in [0.25, 0.3) is 0 Å². The van der Waals surface area contributed by atoms with Crippen LogP contribution in [-0.2, 0) is 17.7 Å². The number of Topliss-reactive ketones (excluding diaryl/α,β-unsaturated/α-hetero) is 2. The zero-order valence-electron chi connectivity index (χ0n) is 13.4. The number of hydrogen-bond acceptors (Lipinski definition) is 4. The van der Waals surface area contributed by atoms with Crippen molar-refractivity contribution in [1.29, 1.82) is 0 Å². The lowest BCUT2D eigenvalue weighted by Crippen LogP contribution is -2.26. The van der Waals surface area contributed by atoms with Gasteiger partial charge in [-0.15, -0.1) is 0 Å². The maximum Gasteiger partial charge on any atom is 0.261 e. The first-order valence-electron chi connectivity index (χ1n) is 7.84. The van der Waals surface area contributed by atoms with Crippen LogP contribution in [0.15, 0.2) is 53.2 Å². The first-order valence-corrected chi connectivity index (χ1v) is 9.29. The molecule has 2 N–H and O–H groups in total. The predicted octanol–water partition coefficient (Wildman–Crippen LogP) is 3.13.